The van der Waals surface area contributed by atoms with Crippen molar-refractivity contribution in [3.05, 3.63) is 279 Å². The van der Waals surface area contributed by atoms with E-state index in [1.807, 2.05) is 184 Å². The van der Waals surface area contributed by atoms with Gasteiger partial charge in [-0.2, -0.15) is 20.6 Å². The molecule has 4 aromatic heterocycles. The number of hydrogen-bond donors (Lipinski definition) is 2. The van der Waals surface area contributed by atoms with Gasteiger partial charge in [0.25, 0.3) is 23.6 Å². The lowest BCUT2D eigenvalue weighted by Gasteiger charge is -2.45. The molecule has 4 fully saturated rings. The molecular weight excluding hydrogens is 1700 g/mol. The summed E-state index contributed by atoms with van der Waals surface area (Å²) in [4.78, 5) is 60.3. The number of halogens is 1. The largest absolute Gasteiger partial charge is 0.482 e. The number of benzene rings is 8. The lowest BCUT2D eigenvalue weighted by atomic mass is 9.81. The van der Waals surface area contributed by atoms with Crippen LogP contribution in [0.1, 0.15) is 147 Å². The smallest absolute Gasteiger partial charge is 0.255 e. The molecule has 128 heavy (non-hydrogen) atoms. The number of piperidine rings is 4. The van der Waals surface area contributed by atoms with Crippen LogP contribution in [-0.4, -0.2) is 175 Å². The van der Waals surface area contributed by atoms with Crippen LogP contribution in [0, 0.1) is 32.1 Å². The van der Waals surface area contributed by atoms with Crippen molar-refractivity contribution in [1.29, 1.82) is 5.26 Å². The Balaban J connectivity index is 0.000000133. The van der Waals surface area contributed by atoms with E-state index in [4.69, 9.17) is 35.6 Å². The second-order valence-electron chi connectivity index (χ2n) is 33.6. The molecule has 32 heteroatoms. The highest BCUT2D eigenvalue weighted by molar-refractivity contribution is 7.91. The average molecular weight is 1810 g/mol. The number of amides is 4. The van der Waals surface area contributed by atoms with E-state index in [0.29, 0.717) is 142 Å². The third-order valence-corrected chi connectivity index (χ3v) is 30.5. The fourth-order valence-corrected chi connectivity index (χ4v) is 22.3. The molecule has 0 atom stereocenters. The van der Waals surface area contributed by atoms with E-state index in [2.05, 4.69) is 31.8 Å². The Morgan fingerprint density at radius 2 is 0.930 bits per heavy atom. The summed E-state index contributed by atoms with van der Waals surface area (Å²) in [5.41, 5.74) is 13.8. The van der Waals surface area contributed by atoms with Gasteiger partial charge in [0.1, 0.15) is 57.3 Å². The minimum absolute atomic E-state index is 0. The first-order chi connectivity index (χ1) is 61.3. The molecule has 4 saturated heterocycles. The molecule has 20 rings (SSSR count). The summed E-state index contributed by atoms with van der Waals surface area (Å²) < 4.78 is 111. The second kappa shape index (κ2) is 34.1. The summed E-state index contributed by atoms with van der Waals surface area (Å²) >= 11 is 6.22. The number of carbonyl (C=O) groups is 4. The summed E-state index contributed by atoms with van der Waals surface area (Å²) in [6, 6.07) is 58.7. The molecule has 4 amide bonds. The summed E-state index contributed by atoms with van der Waals surface area (Å²) in [7, 11) is -3.27. The minimum Gasteiger partial charge on any atom is -0.482 e. The van der Waals surface area contributed by atoms with Gasteiger partial charge in [-0.1, -0.05) is 73.1 Å². The second-order valence-corrected chi connectivity index (χ2v) is 39.6. The fourth-order valence-electron chi connectivity index (χ4n) is 19.1. The maximum absolute atomic E-state index is 13.2. The van der Waals surface area contributed by atoms with Gasteiger partial charge in [0, 0.05) is 197 Å². The average Bonchev–Trinajstić information content (AvgIpc) is 1.68. The van der Waals surface area contributed by atoms with E-state index in [0.717, 1.165) is 110 Å². The van der Waals surface area contributed by atoms with E-state index >= 15 is 0 Å². The molecule has 0 radical (unpaired) electrons. The lowest BCUT2D eigenvalue weighted by molar-refractivity contribution is -0.00950. The van der Waals surface area contributed by atoms with Crippen molar-refractivity contribution in [2.24, 2.45) is 21.1 Å². The van der Waals surface area contributed by atoms with Crippen molar-refractivity contribution in [2.45, 2.75) is 116 Å². The Labute approximate surface area is 751 Å². The first kappa shape index (κ1) is 87.4. The molecule has 8 aliphatic rings. The Kier molecular flexibility index (Phi) is 23.3. The van der Waals surface area contributed by atoms with Gasteiger partial charge in [-0.3, -0.25) is 37.8 Å². The van der Waals surface area contributed by atoms with Crippen molar-refractivity contribution in [2.75, 3.05) is 72.2 Å². The zero-order chi connectivity index (χ0) is 90.2. The number of fused-ring (bicyclic) bond motifs is 16. The van der Waals surface area contributed by atoms with Crippen LogP contribution in [0.15, 0.2) is 221 Å². The normalized spacial score (nSPS) is 16.7. The third kappa shape index (κ3) is 16.1. The van der Waals surface area contributed by atoms with Crippen LogP contribution in [-0.2, 0) is 73.4 Å². The van der Waals surface area contributed by atoms with Crippen LogP contribution in [0.25, 0.3) is 39.5 Å². The molecule has 8 aromatic carbocycles. The summed E-state index contributed by atoms with van der Waals surface area (Å²) in [5, 5.41) is 23.9. The van der Waals surface area contributed by atoms with Crippen molar-refractivity contribution in [3.8, 4) is 68.5 Å². The SMILES string of the molecule is CCNS(=O)(=O)c1ccc(C(=O)N2CCC3(CC2)Oc2ccccc2-c2c3cnn2C)cc1.CNS(=O)(=O)c1ccc(C(=O)N2CCC3(CC2)Oc2ccccc2-c2nn(C)cc23)cc1C.Cc1ccc2c(c1)OC1(CCN(C(=O)c3ccc(S(C)(=O)=O)c(C)c3)CC1)c1ccc(C#N)n1-2.Cn1ncc2c1-c1ccccc1OC21CCN(C(=O)c2ccccc2Cl)CC1.[HH].[HH]. The van der Waals surface area contributed by atoms with Crippen molar-refractivity contribution in [1.82, 2.24) is 63.0 Å². The topological polar surface area (TPSA) is 327 Å². The quantitative estimate of drug-likeness (QED) is 0.128. The number of nitrogens with one attached hydrogen (secondary N) is 2. The molecule has 28 nitrogen and oxygen atoms in total. The molecular formula is C96H101ClN14O14S3. The summed E-state index contributed by atoms with van der Waals surface area (Å²) in [5.74, 6) is 2.91. The zero-order valence-corrected chi connectivity index (χ0v) is 75.5. The minimum atomic E-state index is -3.57. The van der Waals surface area contributed by atoms with Gasteiger partial charge in [0.2, 0.25) is 20.0 Å². The molecule has 0 unspecified atom stereocenters. The van der Waals surface area contributed by atoms with Crippen LogP contribution in [0.3, 0.4) is 0 Å². The van der Waals surface area contributed by atoms with Crippen LogP contribution in [0.2, 0.25) is 5.02 Å². The molecule has 12 aromatic rings. The van der Waals surface area contributed by atoms with Crippen molar-refractivity contribution >= 4 is 65.1 Å². The number of aryl methyl sites for hydroxylation is 6. The molecule has 12 heterocycles. The number of likely N-dealkylation sites (tertiary alicyclic amines) is 4. The van der Waals surface area contributed by atoms with Crippen LogP contribution in [0.5, 0.6) is 23.0 Å². The number of hydrogen-bond acceptors (Lipinski definition) is 18. The van der Waals surface area contributed by atoms with E-state index in [1.54, 1.807) is 79.1 Å². The van der Waals surface area contributed by atoms with E-state index in [1.165, 1.54) is 31.3 Å². The predicted octanol–water partition coefficient (Wildman–Crippen LogP) is 14.4. The number of ether oxygens (including phenoxy) is 4. The van der Waals surface area contributed by atoms with Crippen LogP contribution in [0.4, 0.5) is 0 Å². The van der Waals surface area contributed by atoms with E-state index < -0.39 is 52.3 Å². The Hall–Kier alpha value is -12.7. The maximum Gasteiger partial charge on any atom is 0.255 e. The Morgan fingerprint density at radius 1 is 0.492 bits per heavy atom. The highest BCUT2D eigenvalue weighted by Crippen LogP contribution is 2.54. The lowest BCUT2D eigenvalue weighted by Crippen LogP contribution is -2.50. The molecule has 0 bridgehead atoms. The monoisotopic (exact) mass is 1800 g/mol. The molecule has 4 spiro atoms. The fraction of sp³-hybridized carbons (Fsp3) is 0.312. The van der Waals surface area contributed by atoms with E-state index in [-0.39, 0.29) is 41.2 Å². The molecule has 664 valence electrons. The van der Waals surface area contributed by atoms with Gasteiger partial charge in [-0.05, 0) is 178 Å². The number of sulfone groups is 1. The zero-order valence-electron chi connectivity index (χ0n) is 72.3. The number of para-hydroxylation sites is 3. The number of sulfonamides is 2. The van der Waals surface area contributed by atoms with Crippen molar-refractivity contribution in [3.63, 3.8) is 0 Å². The van der Waals surface area contributed by atoms with Gasteiger partial charge in [-0.25, -0.2) is 34.7 Å². The van der Waals surface area contributed by atoms with Gasteiger partial charge in [0.15, 0.2) is 15.4 Å². The molecule has 2 N–H and O–H groups in total. The number of nitriles is 1. The Morgan fingerprint density at radius 3 is 1.41 bits per heavy atom. The molecule has 0 aliphatic carbocycles. The van der Waals surface area contributed by atoms with Crippen LogP contribution < -0.4 is 28.4 Å². The number of aromatic nitrogens is 7. The third-order valence-electron chi connectivity index (χ3n) is 25.7. The van der Waals surface area contributed by atoms with Gasteiger partial charge >= 0.3 is 0 Å². The van der Waals surface area contributed by atoms with Crippen LogP contribution >= 0.6 is 11.6 Å². The summed E-state index contributed by atoms with van der Waals surface area (Å²) in [6.07, 6.45) is 12.2. The van der Waals surface area contributed by atoms with E-state index in [9.17, 15) is 49.7 Å². The van der Waals surface area contributed by atoms with Gasteiger partial charge in [0.05, 0.1) is 60.4 Å². The number of rotatable bonds is 10. The van der Waals surface area contributed by atoms with Gasteiger partial charge in [-0.15, -0.1) is 0 Å². The highest BCUT2D eigenvalue weighted by Gasteiger charge is 2.51. The number of nitrogens with zero attached hydrogens (tertiary/aromatic N) is 12. The Bertz CT molecular complexity index is 6840. The van der Waals surface area contributed by atoms with Crippen molar-refractivity contribution < 1.29 is 66.2 Å². The number of carbonyl (C=O) groups excluding carboxylic acids is 4. The molecule has 8 aliphatic heterocycles. The maximum atomic E-state index is 13.2. The standard InChI is InChI=1S/C26H25N3O4S.2C24H26N4O4S.C22H20ClN3O2.2H2/c1-17-4-7-21-22(14-17)33-26(24-9-6-20(16-27)29(21)24)10-12-28(13-11-26)25(30)19-5-8-23(18(2)15-19)34(3,31)32;1-16-14-17(8-9-21(16)33(30,31)25-2)23(29)28-12-10-24(11-13-28)19-15-27(3)26-22(19)18-6-4-5-7-20(18)32-24;1-3-26-33(30,31)18-10-8-17(9-11-18)23(29)28-14-12-24(13-15-28)20-16-25-27(2)22(20)19-6-4-5-7-21(19)32-24;1-25-20-16-7-3-5-9-19(16)28-22(17(20)14-24-25)10-12-26(13-11-22)21(27)15-6-2-4-8-18(15)23;;/h4-9,14-15H,10-13H2,1-3H3;4-9,14-15,25H,10-13H2,1-3H3;4-11,16,26H,3,12-15H2,1-2H3;2-9,14H,10-13H2,1H3;2*1H. The van der Waals surface area contributed by atoms with Gasteiger partial charge < -0.3 is 38.5 Å². The predicted molar refractivity (Wildman–Crippen MR) is 486 cm³/mol. The molecule has 0 saturated carbocycles. The highest BCUT2D eigenvalue weighted by atomic mass is 35.5. The first-order valence-electron chi connectivity index (χ1n) is 42.5. The summed E-state index contributed by atoms with van der Waals surface area (Å²) in [6.45, 7) is 11.8. The first-order valence-corrected chi connectivity index (χ1v) is 47.8.